The van der Waals surface area contributed by atoms with Gasteiger partial charge in [0.05, 0.1) is 13.2 Å². The molecule has 0 aliphatic rings. The average Bonchev–Trinajstić information content (AvgIpc) is 3.13. The van der Waals surface area contributed by atoms with Gasteiger partial charge in [0.2, 0.25) is 0 Å². The number of methoxy groups -OCH3 is 1. The van der Waals surface area contributed by atoms with E-state index < -0.39 is 0 Å². The minimum absolute atomic E-state index is 0.0617. The normalized spacial score (nSPS) is 10.8. The molecule has 0 N–H and O–H groups in total. The van der Waals surface area contributed by atoms with E-state index in [1.54, 1.807) is 30.3 Å². The van der Waals surface area contributed by atoms with E-state index in [0.29, 0.717) is 31.8 Å². The first kappa shape index (κ1) is 19.8. The molecule has 3 aromatic rings. The highest BCUT2D eigenvalue weighted by atomic mass is 19.1. The van der Waals surface area contributed by atoms with Crippen LogP contribution in [0.25, 0.3) is 0 Å². The zero-order valence-electron chi connectivity index (χ0n) is 16.1. The highest BCUT2D eigenvalue weighted by molar-refractivity contribution is 5.94. The number of amides is 1. The second-order valence-corrected chi connectivity index (χ2v) is 6.68. The summed E-state index contributed by atoms with van der Waals surface area (Å²) in [6.45, 7) is 3.82. The minimum atomic E-state index is -0.260. The van der Waals surface area contributed by atoms with Crippen molar-refractivity contribution in [2.24, 2.45) is 0 Å². The summed E-state index contributed by atoms with van der Waals surface area (Å²) in [5.74, 6) is 0.443. The molecule has 2 aromatic carbocycles. The van der Waals surface area contributed by atoms with E-state index in [0.717, 1.165) is 17.0 Å². The summed E-state index contributed by atoms with van der Waals surface area (Å²) in [5, 5.41) is 0. The Bertz CT molecular complexity index is 904. The van der Waals surface area contributed by atoms with Gasteiger partial charge in [0.1, 0.15) is 11.6 Å². The molecule has 0 radical (unpaired) electrons. The summed E-state index contributed by atoms with van der Waals surface area (Å²) in [7, 11) is 1.62. The molecule has 0 saturated carbocycles. The van der Waals surface area contributed by atoms with E-state index in [4.69, 9.17) is 4.74 Å². The molecule has 5 nitrogen and oxygen atoms in total. The number of rotatable bonds is 8. The molecule has 0 fully saturated rings. The number of benzene rings is 2. The molecule has 0 atom stereocenters. The summed E-state index contributed by atoms with van der Waals surface area (Å²) >= 11 is 0. The summed E-state index contributed by atoms with van der Waals surface area (Å²) in [5.41, 5.74) is 2.71. The van der Waals surface area contributed by atoms with Crippen LogP contribution >= 0.6 is 0 Å². The molecule has 3 rings (SSSR count). The first-order valence-corrected chi connectivity index (χ1v) is 9.16. The maximum Gasteiger partial charge on any atom is 0.254 e. The molecule has 0 bridgehead atoms. The molecule has 1 heterocycles. The van der Waals surface area contributed by atoms with Gasteiger partial charge in [-0.25, -0.2) is 9.37 Å². The molecule has 0 spiro atoms. The van der Waals surface area contributed by atoms with Crippen molar-refractivity contribution < 1.29 is 13.9 Å². The Morgan fingerprint density at radius 3 is 2.54 bits per heavy atom. The Hall–Kier alpha value is -2.99. The van der Waals surface area contributed by atoms with Gasteiger partial charge in [0, 0.05) is 38.2 Å². The smallest absolute Gasteiger partial charge is 0.254 e. The van der Waals surface area contributed by atoms with Crippen LogP contribution in [0.2, 0.25) is 0 Å². The summed E-state index contributed by atoms with van der Waals surface area (Å²) in [6, 6.07) is 13.9. The van der Waals surface area contributed by atoms with Gasteiger partial charge in [-0.1, -0.05) is 29.8 Å². The second kappa shape index (κ2) is 9.28. The quantitative estimate of drug-likeness (QED) is 0.598. The predicted molar refractivity (Wildman–Crippen MR) is 106 cm³/mol. The number of imidazole rings is 1. The van der Waals surface area contributed by atoms with E-state index in [2.05, 4.69) is 4.98 Å². The van der Waals surface area contributed by atoms with E-state index in [1.807, 2.05) is 42.0 Å². The molecule has 1 aromatic heterocycles. The lowest BCUT2D eigenvalue weighted by molar-refractivity contribution is 0.0673. The zero-order chi connectivity index (χ0) is 19.9. The molecular weight excluding hydrogens is 357 g/mol. The maximum absolute atomic E-state index is 13.1. The largest absolute Gasteiger partial charge is 0.383 e. The Morgan fingerprint density at radius 2 is 1.86 bits per heavy atom. The number of nitrogens with zero attached hydrogens (tertiary/aromatic N) is 3. The Morgan fingerprint density at radius 1 is 1.14 bits per heavy atom. The van der Waals surface area contributed by atoms with E-state index in [9.17, 15) is 9.18 Å². The first-order chi connectivity index (χ1) is 13.6. The van der Waals surface area contributed by atoms with Gasteiger partial charge in [0.25, 0.3) is 5.91 Å². The van der Waals surface area contributed by atoms with E-state index >= 15 is 0 Å². The van der Waals surface area contributed by atoms with Crippen molar-refractivity contribution in [2.75, 3.05) is 20.3 Å². The van der Waals surface area contributed by atoms with E-state index in [-0.39, 0.29) is 11.7 Å². The number of carbonyl (C=O) groups excluding carboxylic acids is 1. The topological polar surface area (TPSA) is 47.4 Å². The maximum atomic E-state index is 13.1. The van der Waals surface area contributed by atoms with Crippen LogP contribution in [-0.4, -0.2) is 40.6 Å². The van der Waals surface area contributed by atoms with Crippen LogP contribution in [0.4, 0.5) is 4.39 Å². The summed E-state index contributed by atoms with van der Waals surface area (Å²) in [6.07, 6.45) is 3.58. The van der Waals surface area contributed by atoms with Crippen LogP contribution in [0.5, 0.6) is 0 Å². The molecule has 28 heavy (non-hydrogen) atoms. The lowest BCUT2D eigenvalue weighted by Gasteiger charge is -2.23. The van der Waals surface area contributed by atoms with Gasteiger partial charge in [-0.05, 0) is 36.8 Å². The van der Waals surface area contributed by atoms with Gasteiger partial charge in [-0.3, -0.25) is 4.79 Å². The van der Waals surface area contributed by atoms with Crippen molar-refractivity contribution in [1.29, 1.82) is 0 Å². The Kier molecular flexibility index (Phi) is 6.55. The van der Waals surface area contributed by atoms with Crippen molar-refractivity contribution >= 4 is 5.91 Å². The van der Waals surface area contributed by atoms with Crippen molar-refractivity contribution in [3.8, 4) is 0 Å². The monoisotopic (exact) mass is 381 g/mol. The lowest BCUT2D eigenvalue weighted by Crippen LogP contribution is -2.34. The molecule has 1 amide bonds. The number of aromatic nitrogens is 2. The molecule has 0 aliphatic carbocycles. The van der Waals surface area contributed by atoms with Crippen LogP contribution < -0.4 is 0 Å². The number of ether oxygens (including phenoxy) is 1. The molecule has 0 aliphatic heterocycles. The fourth-order valence-electron chi connectivity index (χ4n) is 2.93. The molecule has 6 heteroatoms. The minimum Gasteiger partial charge on any atom is -0.383 e. The SMILES string of the molecule is COCCN(Cc1nccn1Cc1ccc(F)cc1)C(=O)c1ccc(C)cc1. The highest BCUT2D eigenvalue weighted by Crippen LogP contribution is 2.13. The van der Waals surface area contributed by atoms with Crippen LogP contribution in [0, 0.1) is 12.7 Å². The fourth-order valence-corrected chi connectivity index (χ4v) is 2.93. The predicted octanol–water partition coefficient (Wildman–Crippen LogP) is 3.67. The Labute approximate surface area is 164 Å². The number of halogens is 1. The van der Waals surface area contributed by atoms with Gasteiger partial charge in [-0.2, -0.15) is 0 Å². The van der Waals surface area contributed by atoms with Crippen LogP contribution in [0.1, 0.15) is 27.3 Å². The van der Waals surface area contributed by atoms with Crippen molar-refractivity contribution in [2.45, 2.75) is 20.0 Å². The van der Waals surface area contributed by atoms with Gasteiger partial charge < -0.3 is 14.2 Å². The molecule has 146 valence electrons. The van der Waals surface area contributed by atoms with Crippen LogP contribution in [0.3, 0.4) is 0 Å². The molecule has 0 unspecified atom stereocenters. The van der Waals surface area contributed by atoms with Gasteiger partial charge in [-0.15, -0.1) is 0 Å². The first-order valence-electron chi connectivity index (χ1n) is 9.16. The summed E-state index contributed by atoms with van der Waals surface area (Å²) < 4.78 is 20.3. The summed E-state index contributed by atoms with van der Waals surface area (Å²) in [4.78, 5) is 19.1. The Balaban J connectivity index is 1.77. The third-order valence-electron chi connectivity index (χ3n) is 4.55. The fraction of sp³-hybridized carbons (Fsp3) is 0.273. The zero-order valence-corrected chi connectivity index (χ0v) is 16.1. The standard InChI is InChI=1S/C22H24FN3O2/c1-17-3-7-19(8-4-17)22(27)26(13-14-28-2)16-21-24-11-12-25(21)15-18-5-9-20(23)10-6-18/h3-12H,13-16H2,1-2H3. The molecule has 0 saturated heterocycles. The highest BCUT2D eigenvalue weighted by Gasteiger charge is 2.18. The lowest BCUT2D eigenvalue weighted by atomic mass is 10.1. The van der Waals surface area contributed by atoms with Crippen molar-refractivity contribution in [3.63, 3.8) is 0 Å². The van der Waals surface area contributed by atoms with Crippen LogP contribution in [0.15, 0.2) is 60.9 Å². The number of hydrogen-bond acceptors (Lipinski definition) is 3. The van der Waals surface area contributed by atoms with Crippen molar-refractivity contribution in [1.82, 2.24) is 14.5 Å². The number of carbonyl (C=O) groups is 1. The third-order valence-corrected chi connectivity index (χ3v) is 4.55. The van der Waals surface area contributed by atoms with Crippen molar-refractivity contribution in [3.05, 3.63) is 89.3 Å². The van der Waals surface area contributed by atoms with E-state index in [1.165, 1.54) is 12.1 Å². The molecular formula is C22H24FN3O2. The van der Waals surface area contributed by atoms with Gasteiger partial charge in [0.15, 0.2) is 0 Å². The number of aryl methyl sites for hydroxylation is 1. The second-order valence-electron chi connectivity index (χ2n) is 6.68. The van der Waals surface area contributed by atoms with Crippen LogP contribution in [-0.2, 0) is 17.8 Å². The average molecular weight is 381 g/mol. The van der Waals surface area contributed by atoms with Gasteiger partial charge >= 0.3 is 0 Å². The third kappa shape index (κ3) is 5.04. The number of hydrogen-bond donors (Lipinski definition) is 0.